The molecule has 0 radical (unpaired) electrons. The van der Waals surface area contributed by atoms with Gasteiger partial charge < -0.3 is 4.18 Å². The molecule has 0 atom stereocenters. The zero-order chi connectivity index (χ0) is 11.5. The van der Waals surface area contributed by atoms with E-state index in [2.05, 4.69) is 0 Å². The average Bonchev–Trinajstić information content (AvgIpc) is 2.12. The maximum atomic E-state index is 11.3. The highest BCUT2D eigenvalue weighted by molar-refractivity contribution is 7.87. The molecule has 0 N–H and O–H groups in total. The van der Waals surface area contributed by atoms with E-state index in [1.807, 2.05) is 0 Å². The standard InChI is InChI=1S/C9H10Cl2O3S/c1-2-6-15(12,13)14-8-5-3-4-7(10)9(8)11/h3-5H,2,6H2,1H3. The Balaban J connectivity index is 2.95. The van der Waals surface area contributed by atoms with Crippen LogP contribution >= 0.6 is 23.2 Å². The lowest BCUT2D eigenvalue weighted by molar-refractivity contribution is 0.485. The van der Waals surface area contributed by atoms with Crippen LogP contribution in [0.3, 0.4) is 0 Å². The molecule has 1 aromatic rings. The molecule has 6 heteroatoms. The van der Waals surface area contributed by atoms with Crippen LogP contribution in [0.15, 0.2) is 18.2 Å². The molecular weight excluding hydrogens is 259 g/mol. The summed E-state index contributed by atoms with van der Waals surface area (Å²) >= 11 is 11.5. The fourth-order valence-electron chi connectivity index (χ4n) is 0.977. The van der Waals surface area contributed by atoms with Gasteiger partial charge >= 0.3 is 10.1 Å². The van der Waals surface area contributed by atoms with Crippen molar-refractivity contribution in [1.29, 1.82) is 0 Å². The van der Waals surface area contributed by atoms with E-state index in [1.54, 1.807) is 19.1 Å². The third-order valence-corrected chi connectivity index (χ3v) is 3.73. The van der Waals surface area contributed by atoms with E-state index in [9.17, 15) is 8.42 Å². The topological polar surface area (TPSA) is 43.4 Å². The van der Waals surface area contributed by atoms with E-state index in [-0.39, 0.29) is 21.5 Å². The number of benzene rings is 1. The predicted molar refractivity (Wildman–Crippen MR) is 61.2 cm³/mol. The highest BCUT2D eigenvalue weighted by Crippen LogP contribution is 2.32. The van der Waals surface area contributed by atoms with Crippen LogP contribution < -0.4 is 4.18 Å². The molecule has 0 unspecified atom stereocenters. The van der Waals surface area contributed by atoms with Gasteiger partial charge in [0, 0.05) is 0 Å². The molecule has 0 fully saturated rings. The Labute approximate surface area is 99.1 Å². The molecule has 0 aromatic heterocycles. The van der Waals surface area contributed by atoms with Crippen LogP contribution in [0, 0.1) is 0 Å². The monoisotopic (exact) mass is 268 g/mol. The molecule has 3 nitrogen and oxygen atoms in total. The Morgan fingerprint density at radius 3 is 2.60 bits per heavy atom. The first-order valence-corrected chi connectivity index (χ1v) is 6.66. The molecule has 0 aliphatic rings. The summed E-state index contributed by atoms with van der Waals surface area (Å²) in [5.41, 5.74) is 0. The van der Waals surface area contributed by atoms with E-state index in [1.165, 1.54) is 6.07 Å². The Morgan fingerprint density at radius 1 is 1.33 bits per heavy atom. The lowest BCUT2D eigenvalue weighted by atomic mass is 10.3. The van der Waals surface area contributed by atoms with Gasteiger partial charge in [-0.2, -0.15) is 8.42 Å². The molecule has 84 valence electrons. The van der Waals surface area contributed by atoms with Crippen molar-refractivity contribution in [3.05, 3.63) is 28.2 Å². The van der Waals surface area contributed by atoms with Gasteiger partial charge in [0.2, 0.25) is 0 Å². The van der Waals surface area contributed by atoms with Crippen molar-refractivity contribution in [3.63, 3.8) is 0 Å². The van der Waals surface area contributed by atoms with E-state index in [0.717, 1.165) is 0 Å². The second kappa shape index (κ2) is 5.05. The maximum Gasteiger partial charge on any atom is 0.309 e. The lowest BCUT2D eigenvalue weighted by Crippen LogP contribution is -2.13. The third-order valence-electron chi connectivity index (χ3n) is 1.59. The zero-order valence-corrected chi connectivity index (χ0v) is 10.4. The van der Waals surface area contributed by atoms with Crippen LogP contribution in [0.1, 0.15) is 13.3 Å². The van der Waals surface area contributed by atoms with Gasteiger partial charge in [0.1, 0.15) is 5.02 Å². The molecule has 0 aliphatic carbocycles. The predicted octanol–water partition coefficient (Wildman–Crippen LogP) is 3.11. The molecule has 0 bridgehead atoms. The van der Waals surface area contributed by atoms with E-state index in [0.29, 0.717) is 6.42 Å². The van der Waals surface area contributed by atoms with Crippen molar-refractivity contribution in [2.45, 2.75) is 13.3 Å². The van der Waals surface area contributed by atoms with Gasteiger partial charge in [0.05, 0.1) is 10.8 Å². The van der Waals surface area contributed by atoms with Crippen LogP contribution in [0.25, 0.3) is 0 Å². The minimum Gasteiger partial charge on any atom is -0.381 e. The first-order chi connectivity index (χ1) is 6.96. The summed E-state index contributed by atoms with van der Waals surface area (Å²) in [4.78, 5) is 0. The van der Waals surface area contributed by atoms with Crippen LogP contribution in [0.5, 0.6) is 5.75 Å². The van der Waals surface area contributed by atoms with Gasteiger partial charge in [0.25, 0.3) is 0 Å². The molecular formula is C9H10Cl2O3S. The van der Waals surface area contributed by atoms with Crippen LogP contribution in [0.2, 0.25) is 10.0 Å². The molecule has 15 heavy (non-hydrogen) atoms. The van der Waals surface area contributed by atoms with Gasteiger partial charge in [-0.05, 0) is 18.6 Å². The van der Waals surface area contributed by atoms with Gasteiger partial charge in [-0.25, -0.2) is 0 Å². The average molecular weight is 269 g/mol. The van der Waals surface area contributed by atoms with Gasteiger partial charge in [-0.1, -0.05) is 36.2 Å². The molecule has 0 heterocycles. The number of rotatable bonds is 4. The fraction of sp³-hybridized carbons (Fsp3) is 0.333. The largest absolute Gasteiger partial charge is 0.381 e. The first kappa shape index (κ1) is 12.6. The molecule has 0 saturated heterocycles. The fourth-order valence-corrected chi connectivity index (χ4v) is 2.35. The molecule has 0 saturated carbocycles. The summed E-state index contributed by atoms with van der Waals surface area (Å²) in [6.07, 6.45) is 0.487. The molecule has 0 spiro atoms. The Bertz CT molecular complexity index is 443. The van der Waals surface area contributed by atoms with Crippen molar-refractivity contribution >= 4 is 33.3 Å². The Morgan fingerprint density at radius 2 is 2.00 bits per heavy atom. The van der Waals surface area contributed by atoms with Crippen molar-refractivity contribution in [2.24, 2.45) is 0 Å². The lowest BCUT2D eigenvalue weighted by Gasteiger charge is -2.07. The third kappa shape index (κ3) is 3.55. The van der Waals surface area contributed by atoms with Crippen LogP contribution in [0.4, 0.5) is 0 Å². The summed E-state index contributed by atoms with van der Waals surface area (Å²) < 4.78 is 27.5. The summed E-state index contributed by atoms with van der Waals surface area (Å²) in [5.74, 6) is 0.0214. The van der Waals surface area contributed by atoms with Crippen LogP contribution in [-0.4, -0.2) is 14.2 Å². The van der Waals surface area contributed by atoms with E-state index in [4.69, 9.17) is 27.4 Å². The highest BCUT2D eigenvalue weighted by atomic mass is 35.5. The summed E-state index contributed by atoms with van der Waals surface area (Å²) in [5, 5.41) is 0.375. The number of hydrogen-bond acceptors (Lipinski definition) is 3. The summed E-state index contributed by atoms with van der Waals surface area (Å²) in [6.45, 7) is 1.75. The second-order valence-corrected chi connectivity index (χ2v) is 5.37. The molecule has 0 amide bonds. The summed E-state index contributed by atoms with van der Waals surface area (Å²) in [7, 11) is -3.57. The Hall–Kier alpha value is -0.450. The van der Waals surface area contributed by atoms with Crippen molar-refractivity contribution in [2.75, 3.05) is 5.75 Å². The quantitative estimate of drug-likeness (QED) is 0.789. The molecule has 1 aromatic carbocycles. The molecule has 1 rings (SSSR count). The normalized spacial score (nSPS) is 11.4. The number of halogens is 2. The van der Waals surface area contributed by atoms with E-state index < -0.39 is 10.1 Å². The van der Waals surface area contributed by atoms with Gasteiger partial charge in [0.15, 0.2) is 5.75 Å². The van der Waals surface area contributed by atoms with Gasteiger partial charge in [-0.3, -0.25) is 0 Å². The van der Waals surface area contributed by atoms with Crippen LogP contribution in [-0.2, 0) is 10.1 Å². The minimum absolute atomic E-state index is 0.0458. The van der Waals surface area contributed by atoms with Crippen molar-refractivity contribution in [1.82, 2.24) is 0 Å². The second-order valence-electron chi connectivity index (χ2n) is 2.90. The highest BCUT2D eigenvalue weighted by Gasteiger charge is 2.14. The smallest absolute Gasteiger partial charge is 0.309 e. The number of hydrogen-bond donors (Lipinski definition) is 0. The Kier molecular flexibility index (Phi) is 4.25. The van der Waals surface area contributed by atoms with Gasteiger partial charge in [-0.15, -0.1) is 0 Å². The zero-order valence-electron chi connectivity index (χ0n) is 8.04. The molecule has 0 aliphatic heterocycles. The first-order valence-electron chi connectivity index (χ1n) is 4.32. The SMILES string of the molecule is CCCS(=O)(=O)Oc1cccc(Cl)c1Cl. The maximum absolute atomic E-state index is 11.3. The van der Waals surface area contributed by atoms with Crippen molar-refractivity contribution < 1.29 is 12.6 Å². The van der Waals surface area contributed by atoms with E-state index >= 15 is 0 Å². The summed E-state index contributed by atoms with van der Waals surface area (Å²) in [6, 6.07) is 4.59. The minimum atomic E-state index is -3.57. The van der Waals surface area contributed by atoms with Crippen molar-refractivity contribution in [3.8, 4) is 5.75 Å².